The van der Waals surface area contributed by atoms with Gasteiger partial charge in [0.2, 0.25) is 0 Å². The Kier molecular flexibility index (Phi) is 7.03. The van der Waals surface area contributed by atoms with Crippen LogP contribution in [-0.4, -0.2) is 37.7 Å². The normalized spacial score (nSPS) is 22.6. The van der Waals surface area contributed by atoms with Crippen molar-refractivity contribution >= 4 is 34.5 Å². The Balaban J connectivity index is 1.69. The van der Waals surface area contributed by atoms with Gasteiger partial charge in [0.1, 0.15) is 0 Å². The van der Waals surface area contributed by atoms with Crippen LogP contribution in [0.4, 0.5) is 0 Å². The molecule has 0 saturated carbocycles. The van der Waals surface area contributed by atoms with E-state index in [0.717, 1.165) is 13.2 Å². The van der Waals surface area contributed by atoms with Gasteiger partial charge in [-0.3, -0.25) is 4.90 Å². The molecule has 2 atom stereocenters. The fourth-order valence-corrected chi connectivity index (χ4v) is 7.91. The fourth-order valence-electron chi connectivity index (χ4n) is 4.54. The molecule has 4 rings (SSSR count). The summed E-state index contributed by atoms with van der Waals surface area (Å²) in [6.45, 7) is 5.31. The van der Waals surface area contributed by atoms with E-state index in [2.05, 4.69) is 94.5 Å². The molecule has 152 valence electrons. The van der Waals surface area contributed by atoms with Crippen molar-refractivity contribution in [1.82, 2.24) is 4.90 Å². The highest BCUT2D eigenvalue weighted by atomic mass is 79.9. The predicted octanol–water partition coefficient (Wildman–Crippen LogP) is 5.41. The SMILES string of the molecule is COC[C@@H]1CCCN1CC1C(P(c2ccccc2)c2ccccc2)=CC(C)=C1Br. The van der Waals surface area contributed by atoms with Crippen molar-refractivity contribution < 1.29 is 4.74 Å². The second-order valence-corrected chi connectivity index (χ2v) is 11.0. The van der Waals surface area contributed by atoms with Crippen molar-refractivity contribution in [2.45, 2.75) is 25.8 Å². The molecule has 1 heterocycles. The molecule has 1 aliphatic heterocycles. The fraction of sp³-hybridized carbons (Fsp3) is 0.360. The summed E-state index contributed by atoms with van der Waals surface area (Å²) in [5.41, 5.74) is 1.37. The van der Waals surface area contributed by atoms with Crippen molar-refractivity contribution in [1.29, 1.82) is 0 Å². The third-order valence-electron chi connectivity index (χ3n) is 5.97. The first-order valence-electron chi connectivity index (χ1n) is 10.4. The van der Waals surface area contributed by atoms with Crippen LogP contribution in [0.3, 0.4) is 0 Å². The van der Waals surface area contributed by atoms with Crippen LogP contribution >= 0.6 is 23.9 Å². The molecule has 29 heavy (non-hydrogen) atoms. The van der Waals surface area contributed by atoms with E-state index in [0.29, 0.717) is 12.0 Å². The Morgan fingerprint density at radius 2 is 1.66 bits per heavy atom. The van der Waals surface area contributed by atoms with E-state index in [4.69, 9.17) is 4.74 Å². The highest BCUT2D eigenvalue weighted by Gasteiger charge is 2.35. The number of allylic oxidation sites excluding steroid dienone is 2. The van der Waals surface area contributed by atoms with E-state index in [9.17, 15) is 0 Å². The molecular formula is C25H29BrNOP. The van der Waals surface area contributed by atoms with Gasteiger partial charge in [-0.1, -0.05) is 82.7 Å². The summed E-state index contributed by atoms with van der Waals surface area (Å²) in [5, 5.41) is 4.41. The third-order valence-corrected chi connectivity index (χ3v) is 9.73. The zero-order valence-electron chi connectivity index (χ0n) is 17.2. The number of hydrogen-bond donors (Lipinski definition) is 0. The first kappa shape index (κ1) is 21.0. The third kappa shape index (κ3) is 4.59. The monoisotopic (exact) mass is 469 g/mol. The number of rotatable bonds is 7. The van der Waals surface area contributed by atoms with Gasteiger partial charge in [-0.2, -0.15) is 0 Å². The van der Waals surface area contributed by atoms with Crippen molar-refractivity contribution in [3.05, 3.63) is 82.1 Å². The highest BCUT2D eigenvalue weighted by Crippen LogP contribution is 2.54. The molecule has 0 radical (unpaired) electrons. The maximum atomic E-state index is 5.51. The summed E-state index contributed by atoms with van der Waals surface area (Å²) in [6.07, 6.45) is 4.96. The molecule has 1 unspecified atom stereocenters. The Bertz CT molecular complexity index is 841. The summed E-state index contributed by atoms with van der Waals surface area (Å²) in [4.78, 5) is 2.64. The van der Waals surface area contributed by atoms with Crippen LogP contribution in [0.2, 0.25) is 0 Å². The second-order valence-electron chi connectivity index (χ2n) is 7.91. The van der Waals surface area contributed by atoms with Gasteiger partial charge in [-0.05, 0) is 55.7 Å². The number of methoxy groups -OCH3 is 1. The molecular weight excluding hydrogens is 441 g/mol. The summed E-state index contributed by atoms with van der Waals surface area (Å²) in [6, 6.07) is 22.6. The van der Waals surface area contributed by atoms with Crippen LogP contribution in [0.5, 0.6) is 0 Å². The molecule has 2 nitrogen and oxygen atoms in total. The zero-order valence-corrected chi connectivity index (χ0v) is 19.7. The molecule has 0 N–H and O–H groups in total. The lowest BCUT2D eigenvalue weighted by atomic mass is 10.1. The lowest BCUT2D eigenvalue weighted by molar-refractivity contribution is 0.112. The Morgan fingerprint density at radius 1 is 1.03 bits per heavy atom. The van der Waals surface area contributed by atoms with E-state index < -0.39 is 7.92 Å². The molecule has 4 heteroatoms. The number of nitrogens with zero attached hydrogens (tertiary/aromatic N) is 1. The van der Waals surface area contributed by atoms with E-state index >= 15 is 0 Å². The van der Waals surface area contributed by atoms with Crippen LogP contribution in [-0.2, 0) is 4.74 Å². The Hall–Kier alpha value is -1.25. The summed E-state index contributed by atoms with van der Waals surface area (Å²) < 4.78 is 6.86. The van der Waals surface area contributed by atoms with Crippen LogP contribution in [0.25, 0.3) is 0 Å². The van der Waals surface area contributed by atoms with Gasteiger partial charge >= 0.3 is 0 Å². The second kappa shape index (κ2) is 9.71. The Morgan fingerprint density at radius 3 is 2.24 bits per heavy atom. The smallest absolute Gasteiger partial charge is 0.0618 e. The van der Waals surface area contributed by atoms with E-state index in [1.54, 1.807) is 5.31 Å². The molecule has 2 aliphatic rings. The van der Waals surface area contributed by atoms with Crippen molar-refractivity contribution in [3.8, 4) is 0 Å². The first-order chi connectivity index (χ1) is 14.2. The lowest BCUT2D eigenvalue weighted by Crippen LogP contribution is -2.37. The number of halogens is 1. The van der Waals surface area contributed by atoms with Gasteiger partial charge in [-0.25, -0.2) is 0 Å². The molecule has 1 fully saturated rings. The van der Waals surface area contributed by atoms with Crippen LogP contribution in [0.15, 0.2) is 82.1 Å². The summed E-state index contributed by atoms with van der Waals surface area (Å²) >= 11 is 3.97. The average molecular weight is 470 g/mol. The summed E-state index contributed by atoms with van der Waals surface area (Å²) in [5.74, 6) is 0.416. The van der Waals surface area contributed by atoms with Gasteiger partial charge < -0.3 is 4.74 Å². The average Bonchev–Trinajstić information content (AvgIpc) is 3.30. The zero-order chi connectivity index (χ0) is 20.2. The molecule has 0 spiro atoms. The quantitative estimate of drug-likeness (QED) is 0.502. The van der Waals surface area contributed by atoms with E-state index in [1.165, 1.54) is 40.1 Å². The van der Waals surface area contributed by atoms with Crippen molar-refractivity contribution in [2.75, 3.05) is 26.8 Å². The van der Waals surface area contributed by atoms with Gasteiger partial charge in [0.15, 0.2) is 0 Å². The topological polar surface area (TPSA) is 12.5 Å². The van der Waals surface area contributed by atoms with E-state index in [1.807, 2.05) is 7.11 Å². The number of ether oxygens (including phenoxy) is 1. The van der Waals surface area contributed by atoms with Gasteiger partial charge in [-0.15, -0.1) is 0 Å². The minimum absolute atomic E-state index is 0.416. The van der Waals surface area contributed by atoms with Gasteiger partial charge in [0.05, 0.1) is 6.61 Å². The number of likely N-dealkylation sites (tertiary alicyclic amines) is 1. The van der Waals surface area contributed by atoms with Crippen LogP contribution < -0.4 is 10.6 Å². The Labute approximate surface area is 184 Å². The highest BCUT2D eigenvalue weighted by molar-refractivity contribution is 9.11. The van der Waals surface area contributed by atoms with Crippen LogP contribution in [0.1, 0.15) is 19.8 Å². The maximum absolute atomic E-state index is 5.51. The molecule has 0 amide bonds. The van der Waals surface area contributed by atoms with E-state index in [-0.39, 0.29) is 0 Å². The predicted molar refractivity (Wildman–Crippen MR) is 129 cm³/mol. The lowest BCUT2D eigenvalue weighted by Gasteiger charge is -2.31. The minimum Gasteiger partial charge on any atom is -0.383 e. The molecule has 0 aromatic heterocycles. The van der Waals surface area contributed by atoms with Crippen LogP contribution in [0, 0.1) is 5.92 Å². The molecule has 2 aromatic rings. The standard InChI is InChI=1S/C25H29BrNOP/c1-19-16-24(23(25(19)26)17-27-15-9-10-20(27)18-28-2)29(21-11-5-3-6-12-21)22-13-7-4-8-14-22/h3-8,11-14,16,20,23H,9-10,15,17-18H2,1-2H3/t20-,23?/m0/s1. The number of benzene rings is 2. The maximum Gasteiger partial charge on any atom is 0.0618 e. The minimum atomic E-state index is -0.555. The van der Waals surface area contributed by atoms with Gasteiger partial charge in [0.25, 0.3) is 0 Å². The number of hydrogen-bond acceptors (Lipinski definition) is 2. The molecule has 1 aliphatic carbocycles. The first-order valence-corrected chi connectivity index (χ1v) is 12.5. The summed E-state index contributed by atoms with van der Waals surface area (Å²) in [7, 11) is 1.27. The largest absolute Gasteiger partial charge is 0.383 e. The van der Waals surface area contributed by atoms with Crippen molar-refractivity contribution in [3.63, 3.8) is 0 Å². The molecule has 0 bridgehead atoms. The molecule has 1 saturated heterocycles. The molecule has 2 aromatic carbocycles. The van der Waals surface area contributed by atoms with Gasteiger partial charge in [0, 0.05) is 30.1 Å². The van der Waals surface area contributed by atoms with Crippen molar-refractivity contribution in [2.24, 2.45) is 5.92 Å².